The SMILES string of the molecule is CC1(O)CCN(Cc2ccccc2Cl)C(c2ccccc2)C1NC(=O)C1CCCC1. The molecule has 2 aromatic carbocycles. The van der Waals surface area contributed by atoms with E-state index in [0.29, 0.717) is 13.0 Å². The molecule has 1 heterocycles. The molecule has 1 amide bonds. The molecule has 2 fully saturated rings. The lowest BCUT2D eigenvalue weighted by Gasteiger charge is -2.49. The van der Waals surface area contributed by atoms with E-state index in [-0.39, 0.29) is 23.9 Å². The first-order chi connectivity index (χ1) is 14.5. The predicted octanol–water partition coefficient (Wildman–Crippen LogP) is 4.71. The van der Waals surface area contributed by atoms with Gasteiger partial charge in [-0.15, -0.1) is 0 Å². The smallest absolute Gasteiger partial charge is 0.223 e. The Bertz CT molecular complexity index is 864. The highest BCUT2D eigenvalue weighted by Crippen LogP contribution is 2.39. The predicted molar refractivity (Wildman–Crippen MR) is 120 cm³/mol. The minimum atomic E-state index is -0.980. The van der Waals surface area contributed by atoms with E-state index in [2.05, 4.69) is 22.3 Å². The number of carbonyl (C=O) groups excluding carboxylic acids is 1. The van der Waals surface area contributed by atoms with Gasteiger partial charge in [0.2, 0.25) is 5.91 Å². The topological polar surface area (TPSA) is 52.6 Å². The Balaban J connectivity index is 1.66. The number of carbonyl (C=O) groups is 1. The van der Waals surface area contributed by atoms with Crippen molar-refractivity contribution in [3.05, 3.63) is 70.7 Å². The molecular formula is C25H31ClN2O2. The van der Waals surface area contributed by atoms with Gasteiger partial charge in [0.1, 0.15) is 0 Å². The average molecular weight is 427 g/mol. The van der Waals surface area contributed by atoms with Crippen LogP contribution < -0.4 is 5.32 Å². The molecule has 1 aliphatic heterocycles. The van der Waals surface area contributed by atoms with Gasteiger partial charge in [0, 0.05) is 24.0 Å². The number of rotatable bonds is 5. The normalized spacial score (nSPS) is 27.8. The number of aliphatic hydroxyl groups is 1. The van der Waals surface area contributed by atoms with Gasteiger partial charge in [-0.05, 0) is 43.4 Å². The average Bonchev–Trinajstić information content (AvgIpc) is 3.28. The second-order valence-corrected chi connectivity index (χ2v) is 9.40. The summed E-state index contributed by atoms with van der Waals surface area (Å²) >= 11 is 6.45. The van der Waals surface area contributed by atoms with E-state index in [1.54, 1.807) is 0 Å². The Morgan fingerprint density at radius 1 is 1.13 bits per heavy atom. The standard InChI is InChI=1S/C25H31ClN2O2/c1-25(30)15-16-28(17-20-13-7-8-14-21(20)26)22(18-9-3-2-4-10-18)23(25)27-24(29)19-11-5-6-12-19/h2-4,7-10,13-14,19,22-23,30H,5-6,11-12,15-17H2,1H3,(H,27,29). The van der Waals surface area contributed by atoms with Gasteiger partial charge in [0.25, 0.3) is 0 Å². The van der Waals surface area contributed by atoms with Crippen molar-refractivity contribution in [3.8, 4) is 0 Å². The Labute approximate surface area is 184 Å². The summed E-state index contributed by atoms with van der Waals surface area (Å²) < 4.78 is 0. The highest BCUT2D eigenvalue weighted by molar-refractivity contribution is 6.31. The Hall–Kier alpha value is -1.88. The summed E-state index contributed by atoms with van der Waals surface area (Å²) in [4.78, 5) is 15.4. The first kappa shape index (κ1) is 21.4. The van der Waals surface area contributed by atoms with Crippen molar-refractivity contribution in [2.45, 2.75) is 63.3 Å². The van der Waals surface area contributed by atoms with Crippen molar-refractivity contribution in [2.24, 2.45) is 5.92 Å². The van der Waals surface area contributed by atoms with Gasteiger partial charge >= 0.3 is 0 Å². The van der Waals surface area contributed by atoms with Crippen LogP contribution in [0.4, 0.5) is 0 Å². The fraction of sp³-hybridized carbons (Fsp3) is 0.480. The number of hydrogen-bond donors (Lipinski definition) is 2. The molecule has 3 atom stereocenters. The summed E-state index contributed by atoms with van der Waals surface area (Å²) in [7, 11) is 0. The number of hydrogen-bond acceptors (Lipinski definition) is 3. The minimum absolute atomic E-state index is 0.0659. The maximum absolute atomic E-state index is 13.0. The largest absolute Gasteiger partial charge is 0.388 e. The quantitative estimate of drug-likeness (QED) is 0.727. The molecule has 2 aromatic rings. The molecule has 0 spiro atoms. The summed E-state index contributed by atoms with van der Waals surface area (Å²) in [6.07, 6.45) is 4.70. The van der Waals surface area contributed by atoms with Gasteiger partial charge in [-0.2, -0.15) is 0 Å². The lowest BCUT2D eigenvalue weighted by Crippen LogP contribution is -2.62. The van der Waals surface area contributed by atoms with Gasteiger partial charge in [-0.25, -0.2) is 0 Å². The van der Waals surface area contributed by atoms with E-state index >= 15 is 0 Å². The van der Waals surface area contributed by atoms with Crippen molar-refractivity contribution >= 4 is 17.5 Å². The first-order valence-corrected chi connectivity index (χ1v) is 11.4. The molecule has 0 aromatic heterocycles. The van der Waals surface area contributed by atoms with Crippen molar-refractivity contribution in [1.82, 2.24) is 10.2 Å². The number of likely N-dealkylation sites (tertiary alicyclic amines) is 1. The Kier molecular flexibility index (Phi) is 6.47. The van der Waals surface area contributed by atoms with Gasteiger partial charge < -0.3 is 10.4 Å². The molecule has 30 heavy (non-hydrogen) atoms. The number of piperidine rings is 1. The lowest BCUT2D eigenvalue weighted by atomic mass is 9.79. The molecule has 2 aliphatic rings. The van der Waals surface area contributed by atoms with E-state index < -0.39 is 5.60 Å². The molecule has 0 bridgehead atoms. The number of halogens is 1. The van der Waals surface area contributed by atoms with Crippen LogP contribution in [0.1, 0.15) is 56.2 Å². The van der Waals surface area contributed by atoms with Crippen LogP contribution in [0.25, 0.3) is 0 Å². The minimum Gasteiger partial charge on any atom is -0.388 e. The third-order valence-corrected chi connectivity index (χ3v) is 7.15. The maximum atomic E-state index is 13.0. The Morgan fingerprint density at radius 2 is 1.80 bits per heavy atom. The highest BCUT2D eigenvalue weighted by atomic mass is 35.5. The van der Waals surface area contributed by atoms with Gasteiger partial charge in [-0.1, -0.05) is 73.0 Å². The van der Waals surface area contributed by atoms with E-state index in [1.807, 2.05) is 49.4 Å². The van der Waals surface area contributed by atoms with E-state index in [1.165, 1.54) is 0 Å². The van der Waals surface area contributed by atoms with Crippen LogP contribution in [0.2, 0.25) is 5.02 Å². The molecule has 3 unspecified atom stereocenters. The monoisotopic (exact) mass is 426 g/mol. The van der Waals surface area contributed by atoms with E-state index in [4.69, 9.17) is 11.6 Å². The molecule has 5 heteroatoms. The molecule has 4 nitrogen and oxygen atoms in total. The van der Waals surface area contributed by atoms with Crippen LogP contribution in [0.15, 0.2) is 54.6 Å². The zero-order valence-electron chi connectivity index (χ0n) is 17.6. The Morgan fingerprint density at radius 3 is 2.50 bits per heavy atom. The van der Waals surface area contributed by atoms with E-state index in [0.717, 1.165) is 48.4 Å². The van der Waals surface area contributed by atoms with Crippen LogP contribution in [0.3, 0.4) is 0 Å². The molecule has 4 rings (SSSR count). The second kappa shape index (κ2) is 9.09. The van der Waals surface area contributed by atoms with Crippen LogP contribution >= 0.6 is 11.6 Å². The molecular weight excluding hydrogens is 396 g/mol. The van der Waals surface area contributed by atoms with E-state index in [9.17, 15) is 9.90 Å². The summed E-state index contributed by atoms with van der Waals surface area (Å²) in [5.41, 5.74) is 1.18. The number of nitrogens with zero attached hydrogens (tertiary/aromatic N) is 1. The summed E-state index contributed by atoms with van der Waals surface area (Å²) in [5.74, 6) is 0.148. The van der Waals surface area contributed by atoms with Crippen LogP contribution in [-0.4, -0.2) is 34.1 Å². The van der Waals surface area contributed by atoms with Crippen LogP contribution in [-0.2, 0) is 11.3 Å². The third-order valence-electron chi connectivity index (χ3n) is 6.78. The zero-order valence-corrected chi connectivity index (χ0v) is 18.3. The second-order valence-electron chi connectivity index (χ2n) is 8.99. The number of nitrogens with one attached hydrogen (secondary N) is 1. The van der Waals surface area contributed by atoms with Crippen LogP contribution in [0, 0.1) is 5.92 Å². The van der Waals surface area contributed by atoms with Crippen LogP contribution in [0.5, 0.6) is 0 Å². The molecule has 1 saturated heterocycles. The zero-order chi connectivity index (χ0) is 21.1. The molecule has 2 N–H and O–H groups in total. The lowest BCUT2D eigenvalue weighted by molar-refractivity contribution is -0.132. The molecule has 1 saturated carbocycles. The molecule has 1 aliphatic carbocycles. The summed E-state index contributed by atoms with van der Waals surface area (Å²) in [6, 6.07) is 17.6. The molecule has 0 radical (unpaired) electrons. The number of benzene rings is 2. The molecule has 160 valence electrons. The fourth-order valence-electron chi connectivity index (χ4n) is 4.99. The van der Waals surface area contributed by atoms with Crippen molar-refractivity contribution < 1.29 is 9.90 Å². The maximum Gasteiger partial charge on any atom is 0.223 e. The summed E-state index contributed by atoms with van der Waals surface area (Å²) in [5, 5.41) is 15.3. The third kappa shape index (κ3) is 4.56. The van der Waals surface area contributed by atoms with Gasteiger partial charge in [0.15, 0.2) is 0 Å². The highest BCUT2D eigenvalue weighted by Gasteiger charge is 2.46. The van der Waals surface area contributed by atoms with Crippen molar-refractivity contribution in [3.63, 3.8) is 0 Å². The first-order valence-electron chi connectivity index (χ1n) is 11.0. The fourth-order valence-corrected chi connectivity index (χ4v) is 5.18. The van der Waals surface area contributed by atoms with Crippen molar-refractivity contribution in [1.29, 1.82) is 0 Å². The van der Waals surface area contributed by atoms with Gasteiger partial charge in [-0.3, -0.25) is 9.69 Å². The number of amides is 1. The summed E-state index contributed by atoms with van der Waals surface area (Å²) in [6.45, 7) is 3.26. The van der Waals surface area contributed by atoms with Crippen molar-refractivity contribution in [2.75, 3.05) is 6.54 Å². The van der Waals surface area contributed by atoms with Gasteiger partial charge in [0.05, 0.1) is 17.7 Å².